The lowest BCUT2D eigenvalue weighted by Crippen LogP contribution is -2.13. The van der Waals surface area contributed by atoms with Gasteiger partial charge in [-0.3, -0.25) is 0 Å². The van der Waals surface area contributed by atoms with Gasteiger partial charge in [0.15, 0.2) is 0 Å². The summed E-state index contributed by atoms with van der Waals surface area (Å²) in [6, 6.07) is 7.56. The topological polar surface area (TPSA) is 29.9 Å². The summed E-state index contributed by atoms with van der Waals surface area (Å²) in [6.45, 7) is 0.681. The minimum absolute atomic E-state index is 0.0274. The van der Waals surface area contributed by atoms with Crippen LogP contribution in [-0.2, 0) is 12.6 Å². The highest BCUT2D eigenvalue weighted by atomic mass is 35.5. The van der Waals surface area contributed by atoms with Gasteiger partial charge in [0, 0.05) is 17.1 Å². The Hall–Kier alpha value is -1.99. The van der Waals surface area contributed by atoms with Gasteiger partial charge in [0.05, 0.1) is 16.1 Å². The number of hydrogen-bond donors (Lipinski definition) is 1. The lowest BCUT2D eigenvalue weighted by Gasteiger charge is -2.15. The second-order valence-corrected chi connectivity index (χ2v) is 6.79. The largest absolute Gasteiger partial charge is 0.418 e. The molecule has 0 saturated carbocycles. The van der Waals surface area contributed by atoms with E-state index < -0.39 is 11.7 Å². The molecule has 0 unspecified atom stereocenters. The highest BCUT2D eigenvalue weighted by Gasteiger charge is 2.36. The number of anilines is 1. The zero-order valence-electron chi connectivity index (χ0n) is 12.2. The zero-order valence-corrected chi connectivity index (χ0v) is 13.8. The van der Waals surface area contributed by atoms with E-state index in [-0.39, 0.29) is 10.7 Å². The maximum Gasteiger partial charge on any atom is 0.418 e. The predicted molar refractivity (Wildman–Crippen MR) is 89.1 cm³/mol. The molecule has 3 nitrogen and oxygen atoms in total. The van der Waals surface area contributed by atoms with Gasteiger partial charge in [-0.1, -0.05) is 17.7 Å². The van der Waals surface area contributed by atoms with Gasteiger partial charge < -0.3 is 5.32 Å². The monoisotopic (exact) mass is 369 g/mol. The quantitative estimate of drug-likeness (QED) is 0.669. The second-order valence-electron chi connectivity index (χ2n) is 5.40. The Morgan fingerprint density at radius 3 is 2.79 bits per heavy atom. The molecule has 8 heteroatoms. The van der Waals surface area contributed by atoms with Crippen molar-refractivity contribution < 1.29 is 13.2 Å². The Morgan fingerprint density at radius 1 is 1.25 bits per heavy atom. The highest BCUT2D eigenvalue weighted by molar-refractivity contribution is 7.13. The number of fused-ring (bicyclic) bond motifs is 1. The molecule has 0 amide bonds. The Morgan fingerprint density at radius 2 is 2.08 bits per heavy atom. The van der Waals surface area contributed by atoms with Crippen molar-refractivity contribution in [2.75, 3.05) is 11.9 Å². The lowest BCUT2D eigenvalue weighted by atomic mass is 10.1. The number of nitrogens with zero attached hydrogens (tertiary/aromatic N) is 2. The van der Waals surface area contributed by atoms with Crippen LogP contribution in [0.15, 0.2) is 35.7 Å². The molecule has 0 aliphatic carbocycles. The van der Waals surface area contributed by atoms with Crippen LogP contribution in [0, 0.1) is 0 Å². The molecule has 0 bridgehead atoms. The van der Waals surface area contributed by atoms with Gasteiger partial charge in [-0.2, -0.15) is 18.3 Å². The lowest BCUT2D eigenvalue weighted by molar-refractivity contribution is -0.137. The van der Waals surface area contributed by atoms with Gasteiger partial charge in [0.1, 0.15) is 11.5 Å². The molecule has 3 aromatic rings. The minimum atomic E-state index is -4.51. The van der Waals surface area contributed by atoms with E-state index in [0.29, 0.717) is 12.4 Å². The number of benzene rings is 1. The third-order valence-corrected chi connectivity index (χ3v) is 5.01. The molecule has 0 fully saturated rings. The molecule has 1 aliphatic heterocycles. The Balaban J connectivity index is 1.95. The summed E-state index contributed by atoms with van der Waals surface area (Å²) in [4.78, 5) is 0.941. The molecular weight excluding hydrogens is 359 g/mol. The van der Waals surface area contributed by atoms with Crippen molar-refractivity contribution in [2.24, 2.45) is 0 Å². The van der Waals surface area contributed by atoms with Crippen LogP contribution in [0.4, 0.5) is 19.0 Å². The number of alkyl halides is 3. The first kappa shape index (κ1) is 15.5. The SMILES string of the molecule is FC(F)(F)c1cc(Cl)ccc1-n1nc(-c2cccs2)c2c1NCC2. The van der Waals surface area contributed by atoms with E-state index in [0.717, 1.165) is 28.6 Å². The highest BCUT2D eigenvalue weighted by Crippen LogP contribution is 2.40. The first-order chi connectivity index (χ1) is 11.4. The fraction of sp³-hybridized carbons (Fsp3) is 0.188. The summed E-state index contributed by atoms with van der Waals surface area (Å²) in [5.41, 5.74) is 0.848. The number of hydrogen-bond acceptors (Lipinski definition) is 3. The Labute approximate surface area is 144 Å². The summed E-state index contributed by atoms with van der Waals surface area (Å²) in [5.74, 6) is 0.617. The second kappa shape index (κ2) is 5.53. The average molecular weight is 370 g/mol. The van der Waals surface area contributed by atoms with E-state index in [2.05, 4.69) is 10.4 Å². The number of nitrogens with one attached hydrogen (secondary N) is 1. The molecule has 4 rings (SSSR count). The van der Waals surface area contributed by atoms with Crippen LogP contribution in [0.3, 0.4) is 0 Å². The zero-order chi connectivity index (χ0) is 16.9. The van der Waals surface area contributed by atoms with Crippen molar-refractivity contribution in [3.8, 4) is 16.3 Å². The fourth-order valence-electron chi connectivity index (χ4n) is 2.88. The predicted octanol–water partition coefficient (Wildman–Crippen LogP) is 5.24. The van der Waals surface area contributed by atoms with E-state index in [1.807, 2.05) is 17.5 Å². The molecule has 2 aromatic heterocycles. The number of thiophene rings is 1. The summed E-state index contributed by atoms with van der Waals surface area (Å²) >= 11 is 7.29. The van der Waals surface area contributed by atoms with Gasteiger partial charge in [-0.15, -0.1) is 11.3 Å². The van der Waals surface area contributed by atoms with Crippen LogP contribution < -0.4 is 5.32 Å². The van der Waals surface area contributed by atoms with Crippen LogP contribution in [0.25, 0.3) is 16.3 Å². The Bertz CT molecular complexity index is 900. The van der Waals surface area contributed by atoms with Crippen molar-refractivity contribution in [1.82, 2.24) is 9.78 Å². The molecule has 0 spiro atoms. The molecule has 0 saturated heterocycles. The molecule has 1 aromatic carbocycles. The van der Waals surface area contributed by atoms with Crippen molar-refractivity contribution in [1.29, 1.82) is 0 Å². The Kier molecular flexibility index (Phi) is 3.58. The van der Waals surface area contributed by atoms with Crippen LogP contribution >= 0.6 is 22.9 Å². The summed E-state index contributed by atoms with van der Waals surface area (Å²) in [6.07, 6.45) is -3.78. The molecule has 1 N–H and O–H groups in total. The molecule has 1 aliphatic rings. The maximum atomic E-state index is 13.4. The van der Waals surface area contributed by atoms with Crippen LogP contribution in [0.5, 0.6) is 0 Å². The van der Waals surface area contributed by atoms with Crippen LogP contribution in [-0.4, -0.2) is 16.3 Å². The van der Waals surface area contributed by atoms with Gasteiger partial charge in [-0.05, 0) is 36.1 Å². The van der Waals surface area contributed by atoms with E-state index in [1.165, 1.54) is 28.2 Å². The third-order valence-electron chi connectivity index (χ3n) is 3.90. The minimum Gasteiger partial charge on any atom is -0.369 e. The van der Waals surface area contributed by atoms with E-state index in [4.69, 9.17) is 11.6 Å². The third kappa shape index (κ3) is 2.48. The van der Waals surface area contributed by atoms with E-state index in [1.54, 1.807) is 0 Å². The first-order valence-electron chi connectivity index (χ1n) is 7.22. The normalized spacial score (nSPS) is 13.8. The number of halogens is 4. The molecule has 3 heterocycles. The number of aromatic nitrogens is 2. The summed E-state index contributed by atoms with van der Waals surface area (Å²) in [5, 5.41) is 9.58. The fourth-order valence-corrected chi connectivity index (χ4v) is 3.79. The molecule has 24 heavy (non-hydrogen) atoms. The molecular formula is C16H11ClF3N3S. The first-order valence-corrected chi connectivity index (χ1v) is 8.47. The van der Waals surface area contributed by atoms with Crippen LogP contribution in [0.2, 0.25) is 5.02 Å². The van der Waals surface area contributed by atoms with Crippen molar-refractivity contribution in [3.63, 3.8) is 0 Å². The smallest absolute Gasteiger partial charge is 0.369 e. The van der Waals surface area contributed by atoms with E-state index in [9.17, 15) is 13.2 Å². The number of rotatable bonds is 2. The molecule has 0 atom stereocenters. The average Bonchev–Trinajstić information content (AvgIpc) is 3.23. The standard InChI is InChI=1S/C16H11ClF3N3S/c17-9-3-4-12(11(8-9)16(18,19)20)23-15-10(5-6-21-15)14(22-23)13-2-1-7-24-13/h1-4,7-8,21H,5-6H2. The molecule has 124 valence electrons. The van der Waals surface area contributed by atoms with E-state index >= 15 is 0 Å². The summed E-state index contributed by atoms with van der Waals surface area (Å²) in [7, 11) is 0. The van der Waals surface area contributed by atoms with Gasteiger partial charge in [0.2, 0.25) is 0 Å². The van der Waals surface area contributed by atoms with Gasteiger partial charge in [-0.25, -0.2) is 4.68 Å². The van der Waals surface area contributed by atoms with Gasteiger partial charge >= 0.3 is 6.18 Å². The van der Waals surface area contributed by atoms with Gasteiger partial charge in [0.25, 0.3) is 0 Å². The van der Waals surface area contributed by atoms with Crippen molar-refractivity contribution in [2.45, 2.75) is 12.6 Å². The maximum absolute atomic E-state index is 13.4. The molecule has 0 radical (unpaired) electrons. The van der Waals surface area contributed by atoms with Crippen LogP contribution in [0.1, 0.15) is 11.1 Å². The summed E-state index contributed by atoms with van der Waals surface area (Å²) < 4.78 is 41.6. The van der Waals surface area contributed by atoms with Crippen molar-refractivity contribution in [3.05, 3.63) is 51.9 Å². The van der Waals surface area contributed by atoms with Crippen molar-refractivity contribution >= 4 is 28.8 Å².